The maximum Gasteiger partial charge on any atom is 0.340 e. The van der Waals surface area contributed by atoms with Crippen molar-refractivity contribution >= 4 is 11.6 Å². The van der Waals surface area contributed by atoms with Gasteiger partial charge in [0.05, 0.1) is 0 Å². The number of hydrogen-bond donors (Lipinski definition) is 2. The second kappa shape index (κ2) is 3.67. The van der Waals surface area contributed by atoms with Crippen LogP contribution >= 0.6 is 11.6 Å². The van der Waals surface area contributed by atoms with E-state index in [2.05, 4.69) is 15.2 Å². The summed E-state index contributed by atoms with van der Waals surface area (Å²) in [5.74, 6) is 0.586. The van der Waals surface area contributed by atoms with Crippen molar-refractivity contribution in [2.24, 2.45) is 0 Å². The molecule has 4 nitrogen and oxygen atoms in total. The number of rotatable bonds is 2. The van der Waals surface area contributed by atoms with Crippen LogP contribution in [0.5, 0.6) is 0 Å². The van der Waals surface area contributed by atoms with Gasteiger partial charge < -0.3 is 0 Å². The average molecular weight is 210 g/mol. The van der Waals surface area contributed by atoms with Gasteiger partial charge in [0.1, 0.15) is 5.82 Å². The molecule has 0 saturated heterocycles. The molecule has 2 aromatic rings. The normalized spacial score (nSPS) is 10.4. The maximum atomic E-state index is 10.8. The Morgan fingerprint density at radius 2 is 2.14 bits per heavy atom. The number of H-pyrrole nitrogens is 2. The minimum absolute atomic E-state index is 0.299. The summed E-state index contributed by atoms with van der Waals surface area (Å²) in [7, 11) is 0. The average Bonchev–Trinajstić information content (AvgIpc) is 2.56. The number of halogens is 1. The predicted molar refractivity (Wildman–Crippen MR) is 53.5 cm³/mol. The van der Waals surface area contributed by atoms with Gasteiger partial charge in [0.25, 0.3) is 0 Å². The number of hydrogen-bond acceptors (Lipinski definition) is 2. The Kier molecular flexibility index (Phi) is 2.37. The zero-order valence-electron chi connectivity index (χ0n) is 7.25. The van der Waals surface area contributed by atoms with Crippen LogP contribution in [0, 0.1) is 0 Å². The number of nitrogens with zero attached hydrogens (tertiary/aromatic N) is 1. The van der Waals surface area contributed by atoms with Crippen LogP contribution in [-0.2, 0) is 6.42 Å². The fraction of sp³-hybridized carbons (Fsp3) is 0.111. The molecule has 1 aromatic carbocycles. The van der Waals surface area contributed by atoms with Crippen LogP contribution in [0.4, 0.5) is 0 Å². The lowest BCUT2D eigenvalue weighted by Gasteiger charge is -1.99. The molecule has 0 aliphatic heterocycles. The third-order valence-electron chi connectivity index (χ3n) is 1.87. The predicted octanol–water partition coefficient (Wildman–Crippen LogP) is 1.34. The minimum atomic E-state index is -0.299. The molecule has 0 atom stereocenters. The van der Waals surface area contributed by atoms with Crippen molar-refractivity contribution < 1.29 is 0 Å². The number of aromatic amines is 2. The highest BCUT2D eigenvalue weighted by Gasteiger charge is 2.03. The summed E-state index contributed by atoms with van der Waals surface area (Å²) < 4.78 is 0. The first-order chi connectivity index (χ1) is 6.75. The van der Waals surface area contributed by atoms with Crippen molar-refractivity contribution in [3.05, 3.63) is 51.2 Å². The minimum Gasteiger partial charge on any atom is -0.293 e. The third-order valence-corrected chi connectivity index (χ3v) is 2.23. The molecule has 2 N–H and O–H groups in total. The lowest BCUT2D eigenvalue weighted by molar-refractivity contribution is 0.970. The van der Waals surface area contributed by atoms with E-state index < -0.39 is 0 Å². The Bertz CT molecular complexity index is 489. The van der Waals surface area contributed by atoms with Crippen molar-refractivity contribution in [3.8, 4) is 0 Å². The van der Waals surface area contributed by atoms with Gasteiger partial charge in [-0.05, 0) is 11.6 Å². The van der Waals surface area contributed by atoms with Gasteiger partial charge in [0, 0.05) is 11.4 Å². The molecule has 0 amide bonds. The highest BCUT2D eigenvalue weighted by molar-refractivity contribution is 6.31. The summed E-state index contributed by atoms with van der Waals surface area (Å²) in [6.07, 6.45) is 0.526. The van der Waals surface area contributed by atoms with Crippen molar-refractivity contribution in [2.45, 2.75) is 6.42 Å². The first-order valence-corrected chi connectivity index (χ1v) is 4.50. The Morgan fingerprint density at radius 3 is 2.79 bits per heavy atom. The molecule has 1 aromatic heterocycles. The van der Waals surface area contributed by atoms with Crippen LogP contribution in [0.2, 0.25) is 5.02 Å². The van der Waals surface area contributed by atoms with Crippen molar-refractivity contribution in [3.63, 3.8) is 0 Å². The number of nitrogens with one attached hydrogen (secondary N) is 2. The van der Waals surface area contributed by atoms with Crippen molar-refractivity contribution in [2.75, 3.05) is 0 Å². The zero-order chi connectivity index (χ0) is 9.97. The van der Waals surface area contributed by atoms with E-state index >= 15 is 0 Å². The van der Waals surface area contributed by atoms with Crippen LogP contribution in [0.25, 0.3) is 0 Å². The van der Waals surface area contributed by atoms with Crippen LogP contribution in [-0.4, -0.2) is 15.2 Å². The molecular weight excluding hydrogens is 202 g/mol. The van der Waals surface area contributed by atoms with E-state index in [1.807, 2.05) is 24.3 Å². The van der Waals surface area contributed by atoms with Crippen LogP contribution < -0.4 is 5.69 Å². The molecule has 2 rings (SSSR count). The standard InChI is InChI=1S/C9H8ClN3O/c10-7-4-2-1-3-6(7)5-8-11-9(14)13-12-8/h1-4H,5H2,(H2,11,12,13,14). The van der Waals surface area contributed by atoms with Gasteiger partial charge >= 0.3 is 5.69 Å². The molecule has 5 heteroatoms. The van der Waals surface area contributed by atoms with Crippen molar-refractivity contribution in [1.29, 1.82) is 0 Å². The fourth-order valence-corrected chi connectivity index (χ4v) is 1.41. The van der Waals surface area contributed by atoms with Crippen LogP contribution in [0.15, 0.2) is 29.1 Å². The highest BCUT2D eigenvalue weighted by Crippen LogP contribution is 2.16. The Hall–Kier alpha value is -1.55. The van der Waals surface area contributed by atoms with E-state index in [9.17, 15) is 4.79 Å². The van der Waals surface area contributed by atoms with E-state index in [4.69, 9.17) is 11.6 Å². The van der Waals surface area contributed by atoms with Gasteiger partial charge in [-0.15, -0.1) is 0 Å². The van der Waals surface area contributed by atoms with Gasteiger partial charge in [-0.1, -0.05) is 29.8 Å². The SMILES string of the molecule is O=c1[nH]nc(Cc2ccccc2Cl)[nH]1. The Balaban J connectivity index is 2.27. The van der Waals surface area contributed by atoms with E-state index in [-0.39, 0.29) is 5.69 Å². The van der Waals surface area contributed by atoms with E-state index in [0.29, 0.717) is 17.3 Å². The first kappa shape index (κ1) is 9.02. The molecule has 0 spiro atoms. The zero-order valence-corrected chi connectivity index (χ0v) is 8.01. The smallest absolute Gasteiger partial charge is 0.293 e. The highest BCUT2D eigenvalue weighted by atomic mass is 35.5. The number of benzene rings is 1. The van der Waals surface area contributed by atoms with Crippen LogP contribution in [0.1, 0.15) is 11.4 Å². The topological polar surface area (TPSA) is 61.5 Å². The Labute approximate surface area is 84.9 Å². The molecular formula is C9H8ClN3O. The molecule has 0 aliphatic rings. The molecule has 0 radical (unpaired) electrons. The molecule has 0 aliphatic carbocycles. The second-order valence-corrected chi connectivity index (χ2v) is 3.30. The summed E-state index contributed by atoms with van der Waals surface area (Å²) in [6, 6.07) is 7.46. The van der Waals surface area contributed by atoms with Gasteiger partial charge in [0.2, 0.25) is 0 Å². The second-order valence-electron chi connectivity index (χ2n) is 2.89. The van der Waals surface area contributed by atoms with Gasteiger partial charge in [0.15, 0.2) is 0 Å². The van der Waals surface area contributed by atoms with Gasteiger partial charge in [-0.3, -0.25) is 4.98 Å². The molecule has 1 heterocycles. The summed E-state index contributed by atoms with van der Waals surface area (Å²) >= 11 is 5.95. The lowest BCUT2D eigenvalue weighted by Crippen LogP contribution is -2.01. The molecule has 0 saturated carbocycles. The number of aromatic nitrogens is 3. The van der Waals surface area contributed by atoms with E-state index in [1.54, 1.807) is 0 Å². The first-order valence-electron chi connectivity index (χ1n) is 4.12. The lowest BCUT2D eigenvalue weighted by atomic mass is 10.1. The van der Waals surface area contributed by atoms with Crippen molar-refractivity contribution in [1.82, 2.24) is 15.2 Å². The summed E-state index contributed by atoms with van der Waals surface area (Å²) in [5.41, 5.74) is 0.643. The summed E-state index contributed by atoms with van der Waals surface area (Å²) in [5, 5.41) is 6.78. The Morgan fingerprint density at radius 1 is 1.36 bits per heavy atom. The van der Waals surface area contributed by atoms with Gasteiger partial charge in [-0.25, -0.2) is 9.89 Å². The quantitative estimate of drug-likeness (QED) is 0.784. The van der Waals surface area contributed by atoms with Crippen LogP contribution in [0.3, 0.4) is 0 Å². The molecule has 14 heavy (non-hydrogen) atoms. The molecule has 72 valence electrons. The molecule has 0 fully saturated rings. The summed E-state index contributed by atoms with van der Waals surface area (Å²) in [6.45, 7) is 0. The third kappa shape index (κ3) is 1.85. The van der Waals surface area contributed by atoms with E-state index in [1.165, 1.54) is 0 Å². The molecule has 0 unspecified atom stereocenters. The maximum absolute atomic E-state index is 10.8. The largest absolute Gasteiger partial charge is 0.340 e. The monoisotopic (exact) mass is 209 g/mol. The molecule has 0 bridgehead atoms. The van der Waals surface area contributed by atoms with Gasteiger partial charge in [-0.2, -0.15) is 5.10 Å². The van der Waals surface area contributed by atoms with E-state index in [0.717, 1.165) is 5.56 Å². The summed E-state index contributed by atoms with van der Waals surface area (Å²) in [4.78, 5) is 13.3. The fourth-order valence-electron chi connectivity index (χ4n) is 1.21.